The fourth-order valence-electron chi connectivity index (χ4n) is 3.30. The highest BCUT2D eigenvalue weighted by Gasteiger charge is 2.33. The maximum Gasteiger partial charge on any atom is 0.416 e. The van der Waals surface area contributed by atoms with Crippen LogP contribution in [0.2, 0.25) is 0 Å². The smallest absolute Gasteiger partial charge is 0.416 e. The maximum absolute atomic E-state index is 13.7. The van der Waals surface area contributed by atoms with Crippen LogP contribution in [0.4, 0.5) is 22.0 Å². The Morgan fingerprint density at radius 2 is 1.94 bits per heavy atom. The SMILES string of the molecule is CC(NC(=O)c1c(C(F)F)nn(C)c1Oc1cccc(C(F)(F)F)c1)C1=CC=C(C(=O)O)CC=C1. The van der Waals surface area contributed by atoms with Crippen LogP contribution in [0, 0.1) is 0 Å². The summed E-state index contributed by atoms with van der Waals surface area (Å²) in [4.78, 5) is 24.2. The summed E-state index contributed by atoms with van der Waals surface area (Å²) in [6, 6.07) is 3.01. The fraction of sp³-hybridized carbons (Fsp3) is 0.261. The molecule has 1 amide bonds. The molecule has 1 aromatic heterocycles. The minimum absolute atomic E-state index is 0.124. The van der Waals surface area contributed by atoms with Gasteiger partial charge in [-0.1, -0.05) is 30.4 Å². The van der Waals surface area contributed by atoms with E-state index in [-0.39, 0.29) is 17.7 Å². The molecule has 3 rings (SSSR count). The van der Waals surface area contributed by atoms with Crippen molar-refractivity contribution in [1.82, 2.24) is 15.1 Å². The Kier molecular flexibility index (Phi) is 7.42. The number of ether oxygens (including phenoxy) is 1. The first-order chi connectivity index (χ1) is 16.4. The van der Waals surface area contributed by atoms with Crippen molar-refractivity contribution >= 4 is 11.9 Å². The number of allylic oxidation sites excluding steroid dienone is 3. The first kappa shape index (κ1) is 25.7. The largest absolute Gasteiger partial charge is 0.478 e. The third-order valence-corrected chi connectivity index (χ3v) is 5.08. The Morgan fingerprint density at radius 1 is 1.23 bits per heavy atom. The number of aryl methyl sites for hydroxylation is 1. The molecule has 1 aromatic carbocycles. The van der Waals surface area contributed by atoms with Gasteiger partial charge in [-0.15, -0.1) is 0 Å². The summed E-state index contributed by atoms with van der Waals surface area (Å²) in [7, 11) is 1.21. The van der Waals surface area contributed by atoms with Gasteiger partial charge in [0.2, 0.25) is 5.88 Å². The van der Waals surface area contributed by atoms with Crippen LogP contribution < -0.4 is 10.1 Å². The molecule has 186 valence electrons. The van der Waals surface area contributed by atoms with Crippen LogP contribution >= 0.6 is 0 Å². The molecule has 2 aromatic rings. The normalized spacial score (nSPS) is 14.7. The summed E-state index contributed by atoms with van der Waals surface area (Å²) in [6.45, 7) is 1.55. The quantitative estimate of drug-likeness (QED) is 0.514. The number of aliphatic carboxylic acids is 1. The van der Waals surface area contributed by atoms with E-state index >= 15 is 0 Å². The number of alkyl halides is 5. The molecule has 1 aliphatic rings. The van der Waals surface area contributed by atoms with Crippen LogP contribution in [0.25, 0.3) is 0 Å². The molecule has 0 spiro atoms. The van der Waals surface area contributed by atoms with E-state index in [1.165, 1.54) is 25.3 Å². The number of nitrogens with one attached hydrogen (secondary N) is 1. The van der Waals surface area contributed by atoms with Gasteiger partial charge in [-0.3, -0.25) is 4.79 Å². The first-order valence-electron chi connectivity index (χ1n) is 10.2. The number of carbonyl (C=O) groups is 2. The molecule has 0 fully saturated rings. The number of amides is 1. The molecule has 1 aliphatic carbocycles. The molecule has 2 N–H and O–H groups in total. The monoisotopic (exact) mass is 497 g/mol. The fourth-order valence-corrected chi connectivity index (χ4v) is 3.30. The molecule has 1 unspecified atom stereocenters. The number of hydrogen-bond acceptors (Lipinski definition) is 4. The molecule has 0 saturated heterocycles. The maximum atomic E-state index is 13.7. The molecule has 0 saturated carbocycles. The van der Waals surface area contributed by atoms with Gasteiger partial charge < -0.3 is 15.2 Å². The number of carbonyl (C=O) groups excluding carboxylic acids is 1. The van der Waals surface area contributed by atoms with E-state index in [0.29, 0.717) is 11.6 Å². The van der Waals surface area contributed by atoms with Crippen LogP contribution in [0.5, 0.6) is 11.6 Å². The summed E-state index contributed by atoms with van der Waals surface area (Å²) in [5.41, 5.74) is -1.94. The minimum atomic E-state index is -4.66. The van der Waals surface area contributed by atoms with Crippen molar-refractivity contribution in [3.63, 3.8) is 0 Å². The second-order valence-electron chi connectivity index (χ2n) is 7.58. The Hall–Kier alpha value is -3.96. The van der Waals surface area contributed by atoms with Gasteiger partial charge in [0.15, 0.2) is 0 Å². The number of carboxylic acid groups (broad SMARTS) is 1. The molecular weight excluding hydrogens is 477 g/mol. The lowest BCUT2D eigenvalue weighted by Crippen LogP contribution is -2.34. The predicted octanol–water partition coefficient (Wildman–Crippen LogP) is 5.18. The average molecular weight is 497 g/mol. The van der Waals surface area contributed by atoms with E-state index < -0.39 is 53.2 Å². The zero-order valence-electron chi connectivity index (χ0n) is 18.4. The van der Waals surface area contributed by atoms with Gasteiger partial charge in [0.05, 0.1) is 11.6 Å². The summed E-state index contributed by atoms with van der Waals surface area (Å²) in [5.74, 6) is -2.89. The van der Waals surface area contributed by atoms with E-state index in [2.05, 4.69) is 10.4 Å². The van der Waals surface area contributed by atoms with Gasteiger partial charge >= 0.3 is 12.1 Å². The third kappa shape index (κ3) is 5.94. The topological polar surface area (TPSA) is 93.5 Å². The number of carboxylic acids is 1. The molecular formula is C23H20F5N3O4. The second kappa shape index (κ2) is 10.1. The van der Waals surface area contributed by atoms with Gasteiger partial charge in [-0.25, -0.2) is 18.3 Å². The number of nitrogens with zero attached hydrogens (tertiary/aromatic N) is 2. The number of benzene rings is 1. The van der Waals surface area contributed by atoms with Crippen LogP contribution in [-0.4, -0.2) is 32.8 Å². The lowest BCUT2D eigenvalue weighted by molar-refractivity contribution is -0.137. The minimum Gasteiger partial charge on any atom is -0.478 e. The van der Waals surface area contributed by atoms with Crippen LogP contribution in [0.1, 0.15) is 41.4 Å². The third-order valence-electron chi connectivity index (χ3n) is 5.08. The van der Waals surface area contributed by atoms with Gasteiger partial charge in [-0.05, 0) is 37.1 Å². The summed E-state index contributed by atoms with van der Waals surface area (Å²) < 4.78 is 72.7. The van der Waals surface area contributed by atoms with E-state index in [9.17, 15) is 31.5 Å². The Balaban J connectivity index is 1.93. The lowest BCUT2D eigenvalue weighted by Gasteiger charge is -2.16. The molecule has 0 radical (unpaired) electrons. The number of aromatic nitrogens is 2. The zero-order chi connectivity index (χ0) is 25.9. The molecule has 1 atom stereocenters. The van der Waals surface area contributed by atoms with Gasteiger partial charge in [0.1, 0.15) is 17.0 Å². The van der Waals surface area contributed by atoms with E-state index in [4.69, 9.17) is 9.84 Å². The molecule has 0 aliphatic heterocycles. The van der Waals surface area contributed by atoms with Crippen LogP contribution in [0.15, 0.2) is 59.7 Å². The Labute approximate surface area is 196 Å². The van der Waals surface area contributed by atoms with Crippen molar-refractivity contribution in [3.8, 4) is 11.6 Å². The highest BCUT2D eigenvalue weighted by molar-refractivity contribution is 5.98. The molecule has 1 heterocycles. The average Bonchev–Trinajstić information content (AvgIpc) is 2.95. The van der Waals surface area contributed by atoms with E-state index in [1.807, 2.05) is 0 Å². The predicted molar refractivity (Wildman–Crippen MR) is 114 cm³/mol. The van der Waals surface area contributed by atoms with Crippen molar-refractivity contribution in [3.05, 3.63) is 76.5 Å². The van der Waals surface area contributed by atoms with Gasteiger partial charge in [-0.2, -0.15) is 18.3 Å². The summed E-state index contributed by atoms with van der Waals surface area (Å²) in [6.07, 6.45) is -1.65. The Bertz CT molecular complexity index is 1230. The van der Waals surface area contributed by atoms with Gasteiger partial charge in [0, 0.05) is 12.6 Å². The molecule has 12 heteroatoms. The Morgan fingerprint density at radius 3 is 2.57 bits per heavy atom. The van der Waals surface area contributed by atoms with Crippen LogP contribution in [-0.2, 0) is 18.0 Å². The molecule has 7 nitrogen and oxygen atoms in total. The number of hydrogen-bond donors (Lipinski definition) is 2. The zero-order valence-corrected chi connectivity index (χ0v) is 18.4. The van der Waals surface area contributed by atoms with Crippen molar-refractivity contribution in [2.45, 2.75) is 32.0 Å². The first-order valence-corrected chi connectivity index (χ1v) is 10.2. The van der Waals surface area contributed by atoms with Crippen molar-refractivity contribution in [1.29, 1.82) is 0 Å². The van der Waals surface area contributed by atoms with Crippen molar-refractivity contribution < 1.29 is 41.4 Å². The molecule has 0 bridgehead atoms. The molecule has 35 heavy (non-hydrogen) atoms. The van der Waals surface area contributed by atoms with E-state index in [1.54, 1.807) is 19.1 Å². The van der Waals surface area contributed by atoms with Crippen molar-refractivity contribution in [2.75, 3.05) is 0 Å². The van der Waals surface area contributed by atoms with Crippen molar-refractivity contribution in [2.24, 2.45) is 7.05 Å². The lowest BCUT2D eigenvalue weighted by atomic mass is 10.1. The highest BCUT2D eigenvalue weighted by Crippen LogP contribution is 2.35. The standard InChI is InChI=1S/C23H20F5N3O4/c1-12(13-5-3-6-14(10-9-13)22(33)34)29-20(32)17-18(19(24)25)30-31(2)21(17)35-16-8-4-7-15(11-16)23(26,27)28/h3-5,7-12,19H,6H2,1-2H3,(H,29,32)(H,33,34). The van der Waals surface area contributed by atoms with Crippen LogP contribution in [0.3, 0.4) is 0 Å². The highest BCUT2D eigenvalue weighted by atomic mass is 19.4. The number of rotatable bonds is 7. The summed E-state index contributed by atoms with van der Waals surface area (Å²) >= 11 is 0. The second-order valence-corrected chi connectivity index (χ2v) is 7.58. The number of halogens is 5. The van der Waals surface area contributed by atoms with E-state index in [0.717, 1.165) is 16.8 Å². The van der Waals surface area contributed by atoms with Gasteiger partial charge in [0.25, 0.3) is 12.3 Å². The summed E-state index contributed by atoms with van der Waals surface area (Å²) in [5, 5.41) is 15.3.